The third-order valence-electron chi connectivity index (χ3n) is 3.62. The maximum Gasteiger partial charge on any atom is 0.307 e. The Kier molecular flexibility index (Phi) is 6.09. The zero-order valence-corrected chi connectivity index (χ0v) is 15.5. The minimum absolute atomic E-state index is 0.0748. The summed E-state index contributed by atoms with van der Waals surface area (Å²) in [7, 11) is 0. The van der Waals surface area contributed by atoms with E-state index < -0.39 is 29.6 Å². The fourth-order valence-electron chi connectivity index (χ4n) is 2.21. The van der Waals surface area contributed by atoms with Crippen molar-refractivity contribution < 1.29 is 27.6 Å². The molecular formula is C18H15F2N3O4S. The number of hydrogen-bond acceptors (Lipinski definition) is 7. The predicted molar refractivity (Wildman–Crippen MR) is 96.5 cm³/mol. The number of nitrogens with one attached hydrogen (secondary N) is 1. The number of ether oxygens (including phenoxy) is 1. The number of carbonyl (C=O) groups is 2. The average molecular weight is 407 g/mol. The first kappa shape index (κ1) is 19.6. The number of halogens is 2. The lowest BCUT2D eigenvalue weighted by atomic mass is 10.2. The molecule has 0 aliphatic rings. The summed E-state index contributed by atoms with van der Waals surface area (Å²) < 4.78 is 36.5. The SMILES string of the molecule is C[C@H](OC(=O)CCc1nc(-c2cccs2)no1)C(=O)Nc1ccc(F)cc1F. The first-order chi connectivity index (χ1) is 13.4. The van der Waals surface area contributed by atoms with Crippen molar-refractivity contribution in [1.82, 2.24) is 10.1 Å². The molecule has 10 heteroatoms. The molecule has 1 N–H and O–H groups in total. The van der Waals surface area contributed by atoms with Crippen LogP contribution in [0.3, 0.4) is 0 Å². The smallest absolute Gasteiger partial charge is 0.307 e. The second kappa shape index (κ2) is 8.70. The van der Waals surface area contributed by atoms with Crippen molar-refractivity contribution in [2.24, 2.45) is 0 Å². The second-order valence-corrected chi connectivity index (χ2v) is 6.68. The van der Waals surface area contributed by atoms with E-state index >= 15 is 0 Å². The monoisotopic (exact) mass is 407 g/mol. The number of rotatable bonds is 7. The van der Waals surface area contributed by atoms with Crippen LogP contribution in [0.1, 0.15) is 19.2 Å². The van der Waals surface area contributed by atoms with Crippen LogP contribution in [0.4, 0.5) is 14.5 Å². The summed E-state index contributed by atoms with van der Waals surface area (Å²) in [6, 6.07) is 6.43. The molecule has 0 saturated heterocycles. The predicted octanol–water partition coefficient (Wildman–Crippen LogP) is 3.58. The van der Waals surface area contributed by atoms with Crippen LogP contribution >= 0.6 is 11.3 Å². The van der Waals surface area contributed by atoms with Crippen LogP contribution in [0.25, 0.3) is 10.7 Å². The van der Waals surface area contributed by atoms with Gasteiger partial charge in [-0.2, -0.15) is 4.98 Å². The van der Waals surface area contributed by atoms with Crippen molar-refractivity contribution in [3.8, 4) is 10.7 Å². The summed E-state index contributed by atoms with van der Waals surface area (Å²) in [4.78, 5) is 29.0. The summed E-state index contributed by atoms with van der Waals surface area (Å²) in [6.07, 6.45) is -1.09. The number of nitrogens with zero attached hydrogens (tertiary/aromatic N) is 2. The van der Waals surface area contributed by atoms with Gasteiger partial charge in [-0.1, -0.05) is 11.2 Å². The standard InChI is InChI=1S/C18H15F2N3O4S/c1-10(18(25)21-13-5-4-11(19)9-12(13)20)26-16(24)7-6-15-22-17(23-27-15)14-3-2-8-28-14/h2-5,8-10H,6-7H2,1H3,(H,21,25)/t10-/m0/s1. The first-order valence-electron chi connectivity index (χ1n) is 8.24. The highest BCUT2D eigenvalue weighted by molar-refractivity contribution is 7.13. The number of hydrogen-bond donors (Lipinski definition) is 1. The Bertz CT molecular complexity index is 975. The van der Waals surface area contributed by atoms with Crippen LogP contribution in [-0.2, 0) is 20.7 Å². The largest absolute Gasteiger partial charge is 0.453 e. The number of aromatic nitrogens is 2. The molecule has 3 aromatic rings. The van der Waals surface area contributed by atoms with Crippen LogP contribution in [0.2, 0.25) is 0 Å². The molecule has 0 fully saturated rings. The van der Waals surface area contributed by atoms with E-state index in [0.29, 0.717) is 11.9 Å². The Morgan fingerprint density at radius 1 is 1.32 bits per heavy atom. The van der Waals surface area contributed by atoms with Crippen LogP contribution in [0, 0.1) is 11.6 Å². The molecule has 2 heterocycles. The molecule has 0 aliphatic carbocycles. The van der Waals surface area contributed by atoms with Gasteiger partial charge in [0.2, 0.25) is 11.7 Å². The molecule has 3 rings (SSSR count). The lowest BCUT2D eigenvalue weighted by molar-refractivity contribution is -0.153. The lowest BCUT2D eigenvalue weighted by Gasteiger charge is -2.13. The van der Waals surface area contributed by atoms with Crippen molar-refractivity contribution in [3.05, 3.63) is 53.2 Å². The summed E-state index contributed by atoms with van der Waals surface area (Å²) in [6.45, 7) is 1.34. The zero-order valence-electron chi connectivity index (χ0n) is 14.6. The van der Waals surface area contributed by atoms with Gasteiger partial charge in [0, 0.05) is 12.5 Å². The quantitative estimate of drug-likeness (QED) is 0.602. The van der Waals surface area contributed by atoms with Crippen LogP contribution < -0.4 is 5.32 Å². The highest BCUT2D eigenvalue weighted by Crippen LogP contribution is 2.21. The topological polar surface area (TPSA) is 94.3 Å². The molecule has 0 aliphatic heterocycles. The highest BCUT2D eigenvalue weighted by atomic mass is 32.1. The van der Waals surface area contributed by atoms with Crippen molar-refractivity contribution >= 4 is 28.9 Å². The van der Waals surface area contributed by atoms with E-state index in [-0.39, 0.29) is 24.4 Å². The Balaban J connectivity index is 1.48. The first-order valence-corrected chi connectivity index (χ1v) is 9.12. The van der Waals surface area contributed by atoms with E-state index in [9.17, 15) is 18.4 Å². The van der Waals surface area contributed by atoms with Crippen molar-refractivity contribution in [1.29, 1.82) is 0 Å². The Morgan fingerprint density at radius 2 is 2.14 bits per heavy atom. The summed E-state index contributed by atoms with van der Waals surface area (Å²) in [5.41, 5.74) is -0.207. The van der Waals surface area contributed by atoms with Gasteiger partial charge in [-0.3, -0.25) is 9.59 Å². The highest BCUT2D eigenvalue weighted by Gasteiger charge is 2.20. The molecule has 0 spiro atoms. The Morgan fingerprint density at radius 3 is 2.86 bits per heavy atom. The molecule has 146 valence electrons. The van der Waals surface area contributed by atoms with Crippen LogP contribution in [0.5, 0.6) is 0 Å². The number of esters is 1. The molecule has 2 aromatic heterocycles. The molecule has 0 radical (unpaired) electrons. The van der Waals surface area contributed by atoms with Gasteiger partial charge >= 0.3 is 5.97 Å². The van der Waals surface area contributed by atoms with Crippen LogP contribution in [0.15, 0.2) is 40.2 Å². The van der Waals surface area contributed by atoms with Gasteiger partial charge in [0.15, 0.2) is 6.10 Å². The van der Waals surface area contributed by atoms with Crippen molar-refractivity contribution in [2.75, 3.05) is 5.32 Å². The lowest BCUT2D eigenvalue weighted by Crippen LogP contribution is -2.30. The Hall–Kier alpha value is -3.14. The molecule has 1 atom stereocenters. The molecule has 0 unspecified atom stereocenters. The molecule has 7 nitrogen and oxygen atoms in total. The van der Waals surface area contributed by atoms with Gasteiger partial charge in [0.1, 0.15) is 11.6 Å². The average Bonchev–Trinajstić information content (AvgIpc) is 3.33. The normalized spacial score (nSPS) is 11.8. The Labute approximate surface area is 162 Å². The second-order valence-electron chi connectivity index (χ2n) is 5.73. The third kappa shape index (κ3) is 4.97. The summed E-state index contributed by atoms with van der Waals surface area (Å²) in [5, 5.41) is 7.95. The number of anilines is 1. The number of benzene rings is 1. The van der Waals surface area contributed by atoms with E-state index in [0.717, 1.165) is 17.0 Å². The molecule has 0 saturated carbocycles. The molecule has 28 heavy (non-hydrogen) atoms. The van der Waals surface area contributed by atoms with Crippen LogP contribution in [-0.4, -0.2) is 28.1 Å². The van der Waals surface area contributed by atoms with Gasteiger partial charge in [-0.05, 0) is 30.5 Å². The number of amides is 1. The summed E-state index contributed by atoms with van der Waals surface area (Å²) >= 11 is 1.46. The number of carbonyl (C=O) groups excluding carboxylic acids is 2. The van der Waals surface area contributed by atoms with Gasteiger partial charge in [-0.25, -0.2) is 8.78 Å². The van der Waals surface area contributed by atoms with E-state index in [1.165, 1.54) is 18.3 Å². The number of thiophene rings is 1. The third-order valence-corrected chi connectivity index (χ3v) is 4.48. The van der Waals surface area contributed by atoms with Crippen molar-refractivity contribution in [2.45, 2.75) is 25.9 Å². The van der Waals surface area contributed by atoms with E-state index in [4.69, 9.17) is 9.26 Å². The molecular weight excluding hydrogens is 392 g/mol. The van der Waals surface area contributed by atoms with E-state index in [1.54, 1.807) is 0 Å². The minimum atomic E-state index is -1.17. The maximum atomic E-state index is 13.6. The molecule has 1 aromatic carbocycles. The number of aryl methyl sites for hydroxylation is 1. The fourth-order valence-corrected chi connectivity index (χ4v) is 2.86. The van der Waals surface area contributed by atoms with Gasteiger partial charge in [-0.15, -0.1) is 11.3 Å². The van der Waals surface area contributed by atoms with E-state index in [1.807, 2.05) is 17.5 Å². The van der Waals surface area contributed by atoms with Gasteiger partial charge in [0.25, 0.3) is 5.91 Å². The molecule has 0 bridgehead atoms. The summed E-state index contributed by atoms with van der Waals surface area (Å²) in [5.74, 6) is -2.38. The van der Waals surface area contributed by atoms with Crippen molar-refractivity contribution in [3.63, 3.8) is 0 Å². The fraction of sp³-hybridized carbons (Fsp3) is 0.222. The zero-order chi connectivity index (χ0) is 20.1. The van der Waals surface area contributed by atoms with E-state index in [2.05, 4.69) is 15.5 Å². The van der Waals surface area contributed by atoms with Gasteiger partial charge < -0.3 is 14.6 Å². The maximum absolute atomic E-state index is 13.6. The molecule has 1 amide bonds. The minimum Gasteiger partial charge on any atom is -0.453 e. The van der Waals surface area contributed by atoms with Gasteiger partial charge in [0.05, 0.1) is 17.0 Å².